The van der Waals surface area contributed by atoms with E-state index >= 15 is 0 Å². The van der Waals surface area contributed by atoms with Crippen molar-refractivity contribution >= 4 is 5.91 Å². The molecule has 0 bridgehead atoms. The van der Waals surface area contributed by atoms with Crippen molar-refractivity contribution < 1.29 is 4.79 Å². The van der Waals surface area contributed by atoms with E-state index in [4.69, 9.17) is 5.84 Å². The van der Waals surface area contributed by atoms with Crippen LogP contribution in [0.2, 0.25) is 0 Å². The average Bonchev–Trinajstić information content (AvgIpc) is 2.50. The van der Waals surface area contributed by atoms with Crippen LogP contribution in [0.4, 0.5) is 0 Å². The molecule has 0 aromatic heterocycles. The largest absolute Gasteiger partial charge is 0.299 e. The predicted octanol–water partition coefficient (Wildman–Crippen LogP) is 0.785. The number of amides is 1. The first-order chi connectivity index (χ1) is 10.0. The standard InChI is InChI=1S/C16H26N4O/c1-12-9-20(10-13(2)19(12)3)11-15(16(21)18-17)14-7-5-4-6-8-14/h4-8,12-13,15H,9-11,17H2,1-3H3,(H,18,21). The molecule has 0 aliphatic carbocycles. The molecule has 1 aliphatic rings. The molecular weight excluding hydrogens is 264 g/mol. The van der Waals surface area contributed by atoms with E-state index < -0.39 is 0 Å². The first kappa shape index (κ1) is 15.9. The molecule has 3 unspecified atom stereocenters. The van der Waals surface area contributed by atoms with E-state index in [-0.39, 0.29) is 11.8 Å². The van der Waals surface area contributed by atoms with Gasteiger partial charge in [-0.2, -0.15) is 0 Å². The van der Waals surface area contributed by atoms with Gasteiger partial charge < -0.3 is 0 Å². The molecule has 1 aliphatic heterocycles. The summed E-state index contributed by atoms with van der Waals surface area (Å²) in [6, 6.07) is 10.8. The Morgan fingerprint density at radius 3 is 2.38 bits per heavy atom. The lowest BCUT2D eigenvalue weighted by Gasteiger charge is -2.43. The number of carbonyl (C=O) groups is 1. The molecule has 116 valence electrons. The highest BCUT2D eigenvalue weighted by molar-refractivity contribution is 5.83. The summed E-state index contributed by atoms with van der Waals surface area (Å²) in [6.07, 6.45) is 0. The number of hydrogen-bond donors (Lipinski definition) is 2. The molecule has 3 N–H and O–H groups in total. The van der Waals surface area contributed by atoms with Crippen LogP contribution < -0.4 is 11.3 Å². The highest BCUT2D eigenvalue weighted by atomic mass is 16.2. The molecule has 5 heteroatoms. The van der Waals surface area contributed by atoms with E-state index in [2.05, 4.69) is 36.1 Å². The Labute approximate surface area is 127 Å². The summed E-state index contributed by atoms with van der Waals surface area (Å²) in [7, 11) is 2.16. The smallest absolute Gasteiger partial charge is 0.242 e. The second kappa shape index (κ2) is 7.02. The summed E-state index contributed by atoms with van der Waals surface area (Å²) in [4.78, 5) is 16.9. The van der Waals surface area contributed by atoms with Gasteiger partial charge in [-0.3, -0.25) is 20.0 Å². The van der Waals surface area contributed by atoms with E-state index in [0.717, 1.165) is 18.7 Å². The number of carbonyl (C=O) groups excluding carboxylic acids is 1. The fourth-order valence-corrected chi connectivity index (χ4v) is 3.05. The van der Waals surface area contributed by atoms with E-state index in [1.165, 1.54) is 0 Å². The zero-order valence-corrected chi connectivity index (χ0v) is 13.1. The zero-order valence-electron chi connectivity index (χ0n) is 13.1. The summed E-state index contributed by atoms with van der Waals surface area (Å²) in [5, 5.41) is 0. The van der Waals surface area contributed by atoms with Gasteiger partial charge in [0.15, 0.2) is 0 Å². The lowest BCUT2D eigenvalue weighted by Crippen LogP contribution is -2.56. The Hall–Kier alpha value is -1.43. The Balaban J connectivity index is 2.11. The summed E-state index contributed by atoms with van der Waals surface area (Å²) >= 11 is 0. The minimum Gasteiger partial charge on any atom is -0.299 e. The minimum absolute atomic E-state index is 0.125. The van der Waals surface area contributed by atoms with Crippen molar-refractivity contribution in [1.82, 2.24) is 15.2 Å². The molecule has 2 rings (SSSR count). The number of piperazine rings is 1. The van der Waals surface area contributed by atoms with Crippen LogP contribution in [0.1, 0.15) is 25.3 Å². The number of nitrogens with zero attached hydrogens (tertiary/aromatic N) is 2. The maximum atomic E-state index is 12.1. The van der Waals surface area contributed by atoms with Gasteiger partial charge in [0.2, 0.25) is 5.91 Å². The molecule has 0 radical (unpaired) electrons. The van der Waals surface area contributed by atoms with Gasteiger partial charge in [-0.25, -0.2) is 5.84 Å². The topological polar surface area (TPSA) is 61.6 Å². The van der Waals surface area contributed by atoms with Crippen molar-refractivity contribution in [3.63, 3.8) is 0 Å². The van der Waals surface area contributed by atoms with Crippen LogP contribution in [0.5, 0.6) is 0 Å². The molecule has 1 aromatic carbocycles. The monoisotopic (exact) mass is 290 g/mol. The van der Waals surface area contributed by atoms with Gasteiger partial charge in [-0.05, 0) is 26.5 Å². The third kappa shape index (κ3) is 3.81. The third-order valence-electron chi connectivity index (χ3n) is 4.54. The van der Waals surface area contributed by atoms with E-state index in [9.17, 15) is 4.79 Å². The second-order valence-electron chi connectivity index (χ2n) is 6.05. The first-order valence-corrected chi connectivity index (χ1v) is 7.52. The first-order valence-electron chi connectivity index (χ1n) is 7.52. The molecule has 0 spiro atoms. The van der Waals surface area contributed by atoms with Crippen molar-refractivity contribution in [2.75, 3.05) is 26.7 Å². The highest BCUT2D eigenvalue weighted by Crippen LogP contribution is 2.21. The molecule has 1 fully saturated rings. The maximum absolute atomic E-state index is 12.1. The van der Waals surface area contributed by atoms with Crippen LogP contribution in [-0.2, 0) is 4.79 Å². The van der Waals surface area contributed by atoms with Gasteiger partial charge in [0.1, 0.15) is 0 Å². The van der Waals surface area contributed by atoms with Gasteiger partial charge in [0.05, 0.1) is 5.92 Å². The van der Waals surface area contributed by atoms with Gasteiger partial charge in [-0.1, -0.05) is 30.3 Å². The summed E-state index contributed by atoms with van der Waals surface area (Å²) in [5.74, 6) is 5.02. The SMILES string of the molecule is CC1CN(CC(C(=O)NN)c2ccccc2)CC(C)N1C. The van der Waals surface area contributed by atoms with E-state index in [1.807, 2.05) is 30.3 Å². The molecule has 21 heavy (non-hydrogen) atoms. The van der Waals surface area contributed by atoms with Crippen molar-refractivity contribution in [3.05, 3.63) is 35.9 Å². The van der Waals surface area contributed by atoms with Crippen molar-refractivity contribution in [1.29, 1.82) is 0 Å². The lowest BCUT2D eigenvalue weighted by molar-refractivity contribution is -0.123. The molecule has 0 saturated carbocycles. The van der Waals surface area contributed by atoms with Crippen LogP contribution in [0.3, 0.4) is 0 Å². The molecule has 1 amide bonds. The Morgan fingerprint density at radius 1 is 1.29 bits per heavy atom. The summed E-state index contributed by atoms with van der Waals surface area (Å²) in [5.41, 5.74) is 3.32. The van der Waals surface area contributed by atoms with Gasteiger partial charge >= 0.3 is 0 Å². The molecule has 5 nitrogen and oxygen atoms in total. The number of nitrogens with one attached hydrogen (secondary N) is 1. The number of hydrogen-bond acceptors (Lipinski definition) is 4. The molecule has 1 aromatic rings. The Morgan fingerprint density at radius 2 is 1.86 bits per heavy atom. The number of hydrazine groups is 1. The molecule has 3 atom stereocenters. The molecular formula is C16H26N4O. The van der Waals surface area contributed by atoms with E-state index in [0.29, 0.717) is 18.6 Å². The van der Waals surface area contributed by atoms with Crippen molar-refractivity contribution in [3.8, 4) is 0 Å². The fourth-order valence-electron chi connectivity index (χ4n) is 3.05. The highest BCUT2D eigenvalue weighted by Gasteiger charge is 2.30. The number of nitrogens with two attached hydrogens (primary N) is 1. The molecule has 1 saturated heterocycles. The van der Waals surface area contributed by atoms with Crippen LogP contribution in [-0.4, -0.2) is 54.5 Å². The fraction of sp³-hybridized carbons (Fsp3) is 0.562. The van der Waals surface area contributed by atoms with Gasteiger partial charge in [0.25, 0.3) is 0 Å². The predicted molar refractivity (Wildman–Crippen MR) is 84.6 cm³/mol. The van der Waals surface area contributed by atoms with Crippen molar-refractivity contribution in [2.24, 2.45) is 5.84 Å². The van der Waals surface area contributed by atoms with Crippen molar-refractivity contribution in [2.45, 2.75) is 31.8 Å². The molecule has 1 heterocycles. The second-order valence-corrected chi connectivity index (χ2v) is 6.05. The Kier molecular flexibility index (Phi) is 5.33. The van der Waals surface area contributed by atoms with Crippen LogP contribution in [0.15, 0.2) is 30.3 Å². The normalized spacial score (nSPS) is 25.5. The zero-order chi connectivity index (χ0) is 15.4. The third-order valence-corrected chi connectivity index (χ3v) is 4.54. The number of likely N-dealkylation sites (N-methyl/N-ethyl adjacent to an activating group) is 1. The summed E-state index contributed by atoms with van der Waals surface area (Å²) in [6.45, 7) is 7.10. The maximum Gasteiger partial charge on any atom is 0.242 e. The Bertz CT molecular complexity index is 453. The number of rotatable bonds is 4. The lowest BCUT2D eigenvalue weighted by atomic mass is 9.96. The van der Waals surface area contributed by atoms with Gasteiger partial charge in [-0.15, -0.1) is 0 Å². The summed E-state index contributed by atoms with van der Waals surface area (Å²) < 4.78 is 0. The average molecular weight is 290 g/mol. The van der Waals surface area contributed by atoms with Crippen LogP contribution in [0, 0.1) is 0 Å². The quantitative estimate of drug-likeness (QED) is 0.489. The number of benzene rings is 1. The van der Waals surface area contributed by atoms with Gasteiger partial charge in [0, 0.05) is 31.7 Å². The minimum atomic E-state index is -0.223. The van der Waals surface area contributed by atoms with Crippen LogP contribution >= 0.6 is 0 Å². The van der Waals surface area contributed by atoms with E-state index in [1.54, 1.807) is 0 Å². The van der Waals surface area contributed by atoms with Crippen LogP contribution in [0.25, 0.3) is 0 Å².